The van der Waals surface area contributed by atoms with Crippen molar-refractivity contribution >= 4 is 5.91 Å². The first-order valence-electron chi connectivity index (χ1n) is 7.50. The van der Waals surface area contributed by atoms with Crippen molar-refractivity contribution in [1.82, 2.24) is 10.2 Å². The van der Waals surface area contributed by atoms with Gasteiger partial charge in [0.25, 0.3) is 0 Å². The molecule has 116 valence electrons. The van der Waals surface area contributed by atoms with Crippen molar-refractivity contribution in [1.29, 1.82) is 0 Å². The van der Waals surface area contributed by atoms with E-state index in [0.29, 0.717) is 19.1 Å². The monoisotopic (exact) mass is 294 g/mol. The standard InChI is InChI=1S/C16H23FN2O2/c1-12(13-5-7-14(17)8-6-13)18-16(21)11-19(9-10-20)15-3-2-4-15/h5-8,12,15,20H,2-4,9-11H2,1H3,(H,18,21). The summed E-state index contributed by atoms with van der Waals surface area (Å²) in [4.78, 5) is 14.2. The summed E-state index contributed by atoms with van der Waals surface area (Å²) in [5.41, 5.74) is 0.877. The third-order valence-corrected chi connectivity index (χ3v) is 4.07. The van der Waals surface area contributed by atoms with Gasteiger partial charge in [-0.15, -0.1) is 0 Å². The van der Waals surface area contributed by atoms with Gasteiger partial charge in [-0.2, -0.15) is 0 Å². The van der Waals surface area contributed by atoms with Crippen LogP contribution in [0.4, 0.5) is 4.39 Å². The summed E-state index contributed by atoms with van der Waals surface area (Å²) in [6.07, 6.45) is 3.39. The molecule has 0 bridgehead atoms. The molecule has 1 atom stereocenters. The maximum atomic E-state index is 12.9. The van der Waals surface area contributed by atoms with Gasteiger partial charge in [0.05, 0.1) is 19.2 Å². The Bertz CT molecular complexity index is 460. The molecule has 2 rings (SSSR count). The molecule has 21 heavy (non-hydrogen) atoms. The molecule has 0 heterocycles. The minimum atomic E-state index is -0.281. The molecule has 1 aromatic carbocycles. The number of carbonyl (C=O) groups excluding carboxylic acids is 1. The highest BCUT2D eigenvalue weighted by Gasteiger charge is 2.26. The smallest absolute Gasteiger partial charge is 0.234 e. The van der Waals surface area contributed by atoms with Gasteiger partial charge in [-0.25, -0.2) is 4.39 Å². The second-order valence-electron chi connectivity index (χ2n) is 5.62. The Kier molecular flexibility index (Phi) is 5.70. The van der Waals surface area contributed by atoms with Crippen molar-refractivity contribution in [3.8, 4) is 0 Å². The first-order valence-corrected chi connectivity index (χ1v) is 7.50. The molecule has 0 aliphatic heterocycles. The maximum absolute atomic E-state index is 12.9. The molecule has 1 amide bonds. The molecule has 5 heteroatoms. The Hall–Kier alpha value is -1.46. The van der Waals surface area contributed by atoms with Gasteiger partial charge in [-0.05, 0) is 37.5 Å². The largest absolute Gasteiger partial charge is 0.395 e. The van der Waals surface area contributed by atoms with E-state index in [9.17, 15) is 9.18 Å². The molecule has 1 aliphatic carbocycles. The van der Waals surface area contributed by atoms with E-state index in [0.717, 1.165) is 18.4 Å². The lowest BCUT2D eigenvalue weighted by atomic mass is 9.91. The number of aliphatic hydroxyl groups excluding tert-OH is 1. The number of halogens is 1. The van der Waals surface area contributed by atoms with Gasteiger partial charge in [-0.3, -0.25) is 9.69 Å². The van der Waals surface area contributed by atoms with E-state index < -0.39 is 0 Å². The van der Waals surface area contributed by atoms with Crippen LogP contribution in [0, 0.1) is 5.82 Å². The number of amides is 1. The van der Waals surface area contributed by atoms with Crippen molar-refractivity contribution in [3.63, 3.8) is 0 Å². The fourth-order valence-corrected chi connectivity index (χ4v) is 2.58. The van der Waals surface area contributed by atoms with Crippen LogP contribution in [-0.2, 0) is 4.79 Å². The third kappa shape index (κ3) is 4.51. The van der Waals surface area contributed by atoms with Gasteiger partial charge < -0.3 is 10.4 Å². The normalized spacial score (nSPS) is 16.6. The van der Waals surface area contributed by atoms with E-state index in [1.165, 1.54) is 18.6 Å². The number of nitrogens with zero attached hydrogens (tertiary/aromatic N) is 1. The number of nitrogens with one attached hydrogen (secondary N) is 1. The third-order valence-electron chi connectivity index (χ3n) is 4.07. The SMILES string of the molecule is CC(NC(=O)CN(CCO)C1CCC1)c1ccc(F)cc1. The van der Waals surface area contributed by atoms with Crippen molar-refractivity contribution in [3.05, 3.63) is 35.6 Å². The molecule has 0 aromatic heterocycles. The number of carbonyl (C=O) groups is 1. The maximum Gasteiger partial charge on any atom is 0.234 e. The first-order chi connectivity index (χ1) is 10.1. The quantitative estimate of drug-likeness (QED) is 0.807. The summed E-state index contributed by atoms with van der Waals surface area (Å²) in [6, 6.07) is 6.41. The van der Waals surface area contributed by atoms with E-state index >= 15 is 0 Å². The second kappa shape index (κ2) is 7.52. The molecule has 1 fully saturated rings. The molecular formula is C16H23FN2O2. The Morgan fingerprint density at radius 1 is 1.43 bits per heavy atom. The van der Waals surface area contributed by atoms with E-state index in [4.69, 9.17) is 5.11 Å². The molecule has 4 nitrogen and oxygen atoms in total. The minimum absolute atomic E-state index is 0.0628. The van der Waals surface area contributed by atoms with Crippen LogP contribution < -0.4 is 5.32 Å². The average Bonchev–Trinajstić information content (AvgIpc) is 2.37. The Morgan fingerprint density at radius 3 is 2.62 bits per heavy atom. The number of aliphatic hydroxyl groups is 1. The topological polar surface area (TPSA) is 52.6 Å². The van der Waals surface area contributed by atoms with Crippen LogP contribution in [0.1, 0.15) is 37.8 Å². The average molecular weight is 294 g/mol. The molecule has 1 aromatic rings. The molecule has 0 spiro atoms. The molecule has 1 unspecified atom stereocenters. The van der Waals surface area contributed by atoms with Crippen molar-refractivity contribution in [2.45, 2.75) is 38.3 Å². The highest BCUT2D eigenvalue weighted by molar-refractivity contribution is 5.78. The van der Waals surface area contributed by atoms with Gasteiger partial charge in [0.2, 0.25) is 5.91 Å². The molecule has 0 saturated heterocycles. The lowest BCUT2D eigenvalue weighted by molar-refractivity contribution is -0.124. The minimum Gasteiger partial charge on any atom is -0.395 e. The molecule has 2 N–H and O–H groups in total. The van der Waals surface area contributed by atoms with Crippen LogP contribution >= 0.6 is 0 Å². The van der Waals surface area contributed by atoms with Gasteiger partial charge >= 0.3 is 0 Å². The summed E-state index contributed by atoms with van der Waals surface area (Å²) in [5, 5.41) is 12.0. The lowest BCUT2D eigenvalue weighted by Crippen LogP contribution is -2.47. The zero-order valence-corrected chi connectivity index (χ0v) is 12.4. The first kappa shape index (κ1) is 15.9. The Morgan fingerprint density at radius 2 is 2.10 bits per heavy atom. The highest BCUT2D eigenvalue weighted by atomic mass is 19.1. The van der Waals surface area contributed by atoms with Crippen LogP contribution in [0.25, 0.3) is 0 Å². The van der Waals surface area contributed by atoms with E-state index in [-0.39, 0.29) is 24.4 Å². The van der Waals surface area contributed by atoms with E-state index in [1.54, 1.807) is 12.1 Å². The van der Waals surface area contributed by atoms with Crippen molar-refractivity contribution in [2.24, 2.45) is 0 Å². The van der Waals surface area contributed by atoms with Crippen LogP contribution in [-0.4, -0.2) is 41.7 Å². The predicted octanol–water partition coefficient (Wildman–Crippen LogP) is 1.85. The van der Waals surface area contributed by atoms with Gasteiger partial charge in [0.15, 0.2) is 0 Å². The molecule has 1 aliphatic rings. The van der Waals surface area contributed by atoms with E-state index in [2.05, 4.69) is 5.32 Å². The zero-order valence-electron chi connectivity index (χ0n) is 12.4. The van der Waals surface area contributed by atoms with Crippen LogP contribution in [0.15, 0.2) is 24.3 Å². The Labute approximate surface area is 125 Å². The van der Waals surface area contributed by atoms with Crippen molar-refractivity contribution < 1.29 is 14.3 Å². The number of hydrogen-bond acceptors (Lipinski definition) is 3. The summed E-state index contributed by atoms with van der Waals surface area (Å²) >= 11 is 0. The second-order valence-corrected chi connectivity index (χ2v) is 5.62. The number of benzene rings is 1. The van der Waals surface area contributed by atoms with E-state index in [1.807, 2.05) is 11.8 Å². The fourth-order valence-electron chi connectivity index (χ4n) is 2.58. The van der Waals surface area contributed by atoms with Crippen LogP contribution in [0.5, 0.6) is 0 Å². The summed E-state index contributed by atoms with van der Waals surface area (Å²) in [6.45, 7) is 2.78. The summed E-state index contributed by atoms with van der Waals surface area (Å²) in [7, 11) is 0. The zero-order chi connectivity index (χ0) is 15.2. The highest BCUT2D eigenvalue weighted by Crippen LogP contribution is 2.24. The number of rotatable bonds is 7. The van der Waals surface area contributed by atoms with Gasteiger partial charge in [0, 0.05) is 12.6 Å². The molecule has 0 radical (unpaired) electrons. The lowest BCUT2D eigenvalue weighted by Gasteiger charge is -2.36. The molecule has 1 saturated carbocycles. The van der Waals surface area contributed by atoms with Gasteiger partial charge in [-0.1, -0.05) is 18.6 Å². The fraction of sp³-hybridized carbons (Fsp3) is 0.562. The van der Waals surface area contributed by atoms with Crippen LogP contribution in [0.2, 0.25) is 0 Å². The number of hydrogen-bond donors (Lipinski definition) is 2. The predicted molar refractivity (Wildman–Crippen MR) is 79.3 cm³/mol. The van der Waals surface area contributed by atoms with Gasteiger partial charge in [0.1, 0.15) is 5.82 Å². The Balaban J connectivity index is 1.86. The van der Waals surface area contributed by atoms with Crippen molar-refractivity contribution in [2.75, 3.05) is 19.7 Å². The summed E-state index contributed by atoms with van der Waals surface area (Å²) in [5.74, 6) is -0.344. The summed E-state index contributed by atoms with van der Waals surface area (Å²) < 4.78 is 12.9. The van der Waals surface area contributed by atoms with Crippen LogP contribution in [0.3, 0.4) is 0 Å². The molecular weight excluding hydrogens is 271 g/mol.